The van der Waals surface area contributed by atoms with Gasteiger partial charge in [0.1, 0.15) is 5.82 Å². The molecule has 0 unspecified atom stereocenters. The highest BCUT2D eigenvalue weighted by Crippen LogP contribution is 2.31. The van der Waals surface area contributed by atoms with Crippen molar-refractivity contribution in [2.75, 3.05) is 11.9 Å². The van der Waals surface area contributed by atoms with Gasteiger partial charge in [-0.3, -0.25) is 14.2 Å². The van der Waals surface area contributed by atoms with Gasteiger partial charge in [0, 0.05) is 23.9 Å². The minimum absolute atomic E-state index is 0.237. The van der Waals surface area contributed by atoms with Gasteiger partial charge >= 0.3 is 5.69 Å². The molecule has 4 N–H and O–H groups in total. The fourth-order valence-corrected chi connectivity index (χ4v) is 5.20. The highest BCUT2D eigenvalue weighted by Gasteiger charge is 2.22. The maximum atomic E-state index is 13.2. The summed E-state index contributed by atoms with van der Waals surface area (Å²) >= 11 is 1.41. The molecule has 4 rings (SSSR count). The van der Waals surface area contributed by atoms with Crippen LogP contribution in [0, 0.1) is 0 Å². The van der Waals surface area contributed by atoms with E-state index in [0.717, 1.165) is 23.3 Å². The van der Waals surface area contributed by atoms with Gasteiger partial charge in [-0.2, -0.15) is 0 Å². The summed E-state index contributed by atoms with van der Waals surface area (Å²) in [6.07, 6.45) is 6.21. The SMILES string of the molecule is CC=C(C=C(CC)CC)c1ccc(C(=O)Nc2[nH]c3cc4[nH]c(=O)n(C)c4cc3c2C(=O)NCC)s1. The Labute approximate surface area is 213 Å². The number of nitrogens with zero attached hydrogens (tertiary/aromatic N) is 1. The third-order valence-electron chi connectivity index (χ3n) is 6.32. The lowest BCUT2D eigenvalue weighted by Crippen LogP contribution is -2.24. The van der Waals surface area contributed by atoms with Crippen molar-refractivity contribution in [2.24, 2.45) is 7.05 Å². The van der Waals surface area contributed by atoms with Gasteiger partial charge in [0.2, 0.25) is 0 Å². The van der Waals surface area contributed by atoms with E-state index in [1.165, 1.54) is 21.5 Å². The van der Waals surface area contributed by atoms with E-state index in [-0.39, 0.29) is 17.5 Å². The average molecular weight is 506 g/mol. The number of carbonyl (C=O) groups is 2. The molecule has 0 atom stereocenters. The number of amides is 2. The molecule has 3 aromatic heterocycles. The van der Waals surface area contributed by atoms with Crippen LogP contribution in [-0.4, -0.2) is 32.9 Å². The molecule has 0 saturated heterocycles. The van der Waals surface area contributed by atoms with Gasteiger partial charge < -0.3 is 20.6 Å². The van der Waals surface area contributed by atoms with Crippen LogP contribution in [0.15, 0.2) is 46.8 Å². The lowest BCUT2D eigenvalue weighted by molar-refractivity contribution is 0.0958. The molecule has 0 fully saturated rings. The number of aromatic nitrogens is 3. The van der Waals surface area contributed by atoms with Gasteiger partial charge in [0.05, 0.1) is 27.0 Å². The number of aromatic amines is 2. The molecule has 0 bridgehead atoms. The molecular formula is C27H31N5O3S. The molecule has 0 radical (unpaired) electrons. The third-order valence-corrected chi connectivity index (χ3v) is 7.45. The number of H-pyrrole nitrogens is 2. The van der Waals surface area contributed by atoms with E-state index in [0.29, 0.717) is 44.7 Å². The fourth-order valence-electron chi connectivity index (χ4n) is 4.26. The first kappa shape index (κ1) is 25.2. The van der Waals surface area contributed by atoms with Gasteiger partial charge in [-0.1, -0.05) is 31.6 Å². The number of thiophene rings is 1. The van der Waals surface area contributed by atoms with Crippen molar-refractivity contribution in [1.29, 1.82) is 0 Å². The molecule has 4 aromatic rings. The quantitative estimate of drug-likeness (QED) is 0.235. The van der Waals surface area contributed by atoms with Crippen LogP contribution < -0.4 is 16.3 Å². The second-order valence-corrected chi connectivity index (χ2v) is 9.59. The molecule has 0 saturated carbocycles. The number of hydrogen-bond acceptors (Lipinski definition) is 4. The van der Waals surface area contributed by atoms with Crippen molar-refractivity contribution >= 4 is 56.5 Å². The second-order valence-electron chi connectivity index (χ2n) is 8.51. The van der Waals surface area contributed by atoms with Crippen LogP contribution >= 0.6 is 11.3 Å². The maximum absolute atomic E-state index is 13.2. The number of rotatable bonds is 8. The molecule has 2 amide bonds. The van der Waals surface area contributed by atoms with Crippen LogP contribution in [0.2, 0.25) is 0 Å². The van der Waals surface area contributed by atoms with E-state index in [9.17, 15) is 14.4 Å². The summed E-state index contributed by atoms with van der Waals surface area (Å²) < 4.78 is 1.49. The number of fused-ring (bicyclic) bond motifs is 2. The smallest absolute Gasteiger partial charge is 0.326 e. The molecule has 0 aliphatic rings. The number of nitrogens with one attached hydrogen (secondary N) is 4. The molecule has 0 aliphatic carbocycles. The molecule has 8 nitrogen and oxygen atoms in total. The number of imidazole rings is 1. The molecule has 9 heteroatoms. The van der Waals surface area contributed by atoms with Crippen LogP contribution in [0.3, 0.4) is 0 Å². The Morgan fingerprint density at radius 3 is 2.42 bits per heavy atom. The normalized spacial score (nSPS) is 11.8. The summed E-state index contributed by atoms with van der Waals surface area (Å²) in [5, 5.41) is 6.35. The average Bonchev–Trinajstić information content (AvgIpc) is 3.55. The van der Waals surface area contributed by atoms with E-state index in [1.54, 1.807) is 25.2 Å². The predicted molar refractivity (Wildman–Crippen MR) is 148 cm³/mol. The minimum atomic E-state index is -0.307. The topological polar surface area (TPSA) is 112 Å². The minimum Gasteiger partial charge on any atom is -0.352 e. The van der Waals surface area contributed by atoms with Gasteiger partial charge in [-0.05, 0) is 56.5 Å². The summed E-state index contributed by atoms with van der Waals surface area (Å²) in [6.45, 7) is 8.55. The molecule has 3 heterocycles. The molecule has 188 valence electrons. The van der Waals surface area contributed by atoms with Crippen LogP contribution in [0.4, 0.5) is 5.82 Å². The van der Waals surface area contributed by atoms with Crippen molar-refractivity contribution in [3.63, 3.8) is 0 Å². The van der Waals surface area contributed by atoms with Crippen molar-refractivity contribution in [3.05, 3.63) is 67.8 Å². The lowest BCUT2D eigenvalue weighted by Gasteiger charge is -2.06. The Kier molecular flexibility index (Phi) is 7.30. The summed E-state index contributed by atoms with van der Waals surface area (Å²) in [6, 6.07) is 7.31. The van der Waals surface area contributed by atoms with Crippen molar-refractivity contribution in [2.45, 2.75) is 40.5 Å². The lowest BCUT2D eigenvalue weighted by atomic mass is 10.1. The predicted octanol–water partition coefficient (Wildman–Crippen LogP) is 5.56. The van der Waals surface area contributed by atoms with E-state index in [1.807, 2.05) is 19.9 Å². The van der Waals surface area contributed by atoms with E-state index >= 15 is 0 Å². The van der Waals surface area contributed by atoms with Crippen LogP contribution in [0.1, 0.15) is 65.4 Å². The monoisotopic (exact) mass is 505 g/mol. The Bertz CT molecular complexity index is 1570. The number of aryl methyl sites for hydroxylation is 1. The van der Waals surface area contributed by atoms with Gasteiger partial charge in [-0.25, -0.2) is 4.79 Å². The van der Waals surface area contributed by atoms with E-state index < -0.39 is 0 Å². The molecule has 0 spiro atoms. The van der Waals surface area contributed by atoms with Gasteiger partial charge in [0.25, 0.3) is 11.8 Å². The first-order valence-electron chi connectivity index (χ1n) is 12.1. The molecular weight excluding hydrogens is 474 g/mol. The zero-order chi connectivity index (χ0) is 26.0. The number of benzene rings is 1. The zero-order valence-electron chi connectivity index (χ0n) is 21.2. The van der Waals surface area contributed by atoms with Crippen molar-refractivity contribution in [3.8, 4) is 0 Å². The van der Waals surface area contributed by atoms with Crippen LogP contribution in [-0.2, 0) is 7.05 Å². The number of hydrogen-bond donors (Lipinski definition) is 4. The summed E-state index contributed by atoms with van der Waals surface area (Å²) in [5.41, 5.74) is 4.49. The van der Waals surface area contributed by atoms with E-state index in [2.05, 4.69) is 46.6 Å². The Morgan fingerprint density at radius 1 is 1.03 bits per heavy atom. The Morgan fingerprint density at radius 2 is 1.75 bits per heavy atom. The standard InChI is InChI=1S/C27H31N5O3S/c1-6-15(7-2)12-16(8-3)21-10-11-22(36-21)25(33)31-24-23(26(34)28-9-4)17-13-20-19(14-18(17)29-24)30-27(35)32(20)5/h8,10-14,29H,6-7,9H2,1-5H3,(H,28,34)(H,30,35)(H,31,33). The van der Waals surface area contributed by atoms with Gasteiger partial charge in [0.15, 0.2) is 0 Å². The Balaban J connectivity index is 1.72. The summed E-state index contributed by atoms with van der Waals surface area (Å²) in [7, 11) is 1.67. The van der Waals surface area contributed by atoms with Crippen molar-refractivity contribution < 1.29 is 9.59 Å². The van der Waals surface area contributed by atoms with Crippen molar-refractivity contribution in [1.82, 2.24) is 19.9 Å². The highest BCUT2D eigenvalue weighted by molar-refractivity contribution is 7.15. The molecule has 1 aromatic carbocycles. The maximum Gasteiger partial charge on any atom is 0.326 e. The summed E-state index contributed by atoms with van der Waals surface area (Å²) in [4.78, 5) is 45.8. The van der Waals surface area contributed by atoms with Gasteiger partial charge in [-0.15, -0.1) is 11.3 Å². The van der Waals surface area contributed by atoms with Crippen LogP contribution in [0.25, 0.3) is 27.5 Å². The Hall–Kier alpha value is -3.85. The zero-order valence-corrected chi connectivity index (χ0v) is 22.0. The number of allylic oxidation sites excluding steroid dienone is 4. The van der Waals surface area contributed by atoms with Crippen LogP contribution in [0.5, 0.6) is 0 Å². The first-order chi connectivity index (χ1) is 17.3. The highest BCUT2D eigenvalue weighted by atomic mass is 32.1. The second kappa shape index (κ2) is 10.4. The third kappa shape index (κ3) is 4.66. The molecule has 36 heavy (non-hydrogen) atoms. The first-order valence-corrected chi connectivity index (χ1v) is 12.9. The van der Waals surface area contributed by atoms with E-state index in [4.69, 9.17) is 0 Å². The largest absolute Gasteiger partial charge is 0.352 e. The fraction of sp³-hybridized carbons (Fsp3) is 0.296. The summed E-state index contributed by atoms with van der Waals surface area (Å²) in [5.74, 6) is -0.287. The molecule has 0 aliphatic heterocycles. The number of anilines is 1. The number of carbonyl (C=O) groups excluding carboxylic acids is 2.